The molecule has 0 aromatic rings. The number of likely N-dealkylation sites (tertiary alicyclic amines) is 1. The first-order valence-electron chi connectivity index (χ1n) is 10.6. The number of rotatable bonds is 2. The van der Waals surface area contributed by atoms with E-state index in [4.69, 9.17) is 14.5 Å². The highest BCUT2D eigenvalue weighted by Gasteiger charge is 2.67. The summed E-state index contributed by atoms with van der Waals surface area (Å²) in [6, 6.07) is 0.590. The Bertz CT molecular complexity index is 578. The summed E-state index contributed by atoms with van der Waals surface area (Å²) in [5, 5.41) is 3.95. The van der Waals surface area contributed by atoms with Gasteiger partial charge in [-0.3, -0.25) is 4.99 Å². The molecule has 6 fully saturated rings. The normalized spacial score (nSPS) is 47.2. The Morgan fingerprint density at radius 2 is 1.85 bits per heavy atom. The van der Waals surface area contributed by atoms with Crippen LogP contribution in [0.3, 0.4) is 0 Å². The predicted molar refractivity (Wildman–Crippen MR) is 111 cm³/mol. The number of nitrogens with zero attached hydrogens (tertiary/aromatic N) is 2. The predicted octanol–water partition coefficient (Wildman–Crippen LogP) is 2.64. The van der Waals surface area contributed by atoms with Gasteiger partial charge in [0.2, 0.25) is 0 Å². The van der Waals surface area contributed by atoms with Crippen molar-refractivity contribution in [3.8, 4) is 0 Å². The number of guanidine groups is 1. The van der Waals surface area contributed by atoms with Crippen molar-refractivity contribution in [2.45, 2.75) is 69.8 Å². The van der Waals surface area contributed by atoms with Gasteiger partial charge < -0.3 is 19.7 Å². The van der Waals surface area contributed by atoms with Crippen molar-refractivity contribution in [3.05, 3.63) is 0 Å². The van der Waals surface area contributed by atoms with Crippen LogP contribution < -0.4 is 5.32 Å². The van der Waals surface area contributed by atoms with Crippen LogP contribution in [0, 0.1) is 23.2 Å². The molecule has 2 bridgehead atoms. The first-order chi connectivity index (χ1) is 12.3. The van der Waals surface area contributed by atoms with Crippen LogP contribution in [0.5, 0.6) is 0 Å². The molecule has 6 aliphatic rings. The maximum atomic E-state index is 6.15. The fraction of sp³-hybridized carbons (Fsp3) is 0.950. The van der Waals surface area contributed by atoms with Gasteiger partial charge >= 0.3 is 0 Å². The van der Waals surface area contributed by atoms with Crippen LogP contribution in [-0.2, 0) is 9.47 Å². The lowest BCUT2D eigenvalue weighted by molar-refractivity contribution is -0.171. The van der Waals surface area contributed by atoms with Crippen LogP contribution in [0.25, 0.3) is 0 Å². The first kappa shape index (κ1) is 18.0. The average Bonchev–Trinajstić information content (AvgIpc) is 3.30. The number of fused-ring (bicyclic) bond motifs is 7. The number of ether oxygens (including phenoxy) is 2. The van der Waals surface area contributed by atoms with Crippen molar-refractivity contribution >= 4 is 29.9 Å². The van der Waals surface area contributed by atoms with E-state index >= 15 is 0 Å². The summed E-state index contributed by atoms with van der Waals surface area (Å²) in [7, 11) is 0. The highest BCUT2D eigenvalue weighted by atomic mass is 127. The number of hydrogen-bond donors (Lipinski definition) is 1. The van der Waals surface area contributed by atoms with Crippen LogP contribution in [0.15, 0.2) is 4.99 Å². The standard InChI is InChI=1S/C20H31N3O2.HI/c1-2-21-19(23-10-13-14(11-23)16-5-4-15(13)25-16)22-17-12-6-9-24-18(12)20(17)7-3-8-20;/h12-18H,2-11H2,1H3,(H,21,22);1H. The third kappa shape index (κ3) is 2.30. The molecule has 0 radical (unpaired) electrons. The molecule has 4 saturated heterocycles. The van der Waals surface area contributed by atoms with E-state index in [0.29, 0.717) is 35.7 Å². The molecule has 4 aliphatic heterocycles. The lowest BCUT2D eigenvalue weighted by Gasteiger charge is -2.63. The van der Waals surface area contributed by atoms with Gasteiger partial charge in [0.05, 0.1) is 18.3 Å². The highest BCUT2D eigenvalue weighted by Crippen LogP contribution is 2.62. The van der Waals surface area contributed by atoms with Crippen LogP contribution >= 0.6 is 24.0 Å². The van der Waals surface area contributed by atoms with Gasteiger partial charge in [-0.25, -0.2) is 0 Å². The molecule has 26 heavy (non-hydrogen) atoms. The van der Waals surface area contributed by atoms with E-state index in [-0.39, 0.29) is 24.0 Å². The topological polar surface area (TPSA) is 46.1 Å². The second-order valence-corrected chi connectivity index (χ2v) is 9.27. The second-order valence-electron chi connectivity index (χ2n) is 9.27. The van der Waals surface area contributed by atoms with Crippen LogP contribution in [0.4, 0.5) is 0 Å². The zero-order valence-corrected chi connectivity index (χ0v) is 18.1. The largest absolute Gasteiger partial charge is 0.377 e. The zero-order valence-electron chi connectivity index (χ0n) is 15.7. The molecule has 1 spiro atoms. The van der Waals surface area contributed by atoms with Gasteiger partial charge in [0.15, 0.2) is 5.96 Å². The Morgan fingerprint density at radius 1 is 1.12 bits per heavy atom. The molecule has 1 N–H and O–H groups in total. The Morgan fingerprint density at radius 3 is 2.46 bits per heavy atom. The summed E-state index contributed by atoms with van der Waals surface area (Å²) in [5.41, 5.74) is 0.424. The molecule has 2 aliphatic carbocycles. The van der Waals surface area contributed by atoms with Crippen molar-refractivity contribution in [3.63, 3.8) is 0 Å². The summed E-state index contributed by atoms with van der Waals surface area (Å²) in [6.07, 6.45) is 9.42. The molecule has 0 amide bonds. The molecular formula is C20H32IN3O2. The molecular weight excluding hydrogens is 441 g/mol. The number of aliphatic imine (C=N–C) groups is 1. The SMILES string of the molecule is CCN=C(NC1C2CCOC2C12CCC2)N1CC2C3CCC(O3)C2C1.I. The maximum absolute atomic E-state index is 6.15. The van der Waals surface area contributed by atoms with Crippen LogP contribution in [0.2, 0.25) is 0 Å². The third-order valence-electron chi connectivity index (χ3n) is 8.38. The fourth-order valence-electron chi connectivity index (χ4n) is 7.11. The van der Waals surface area contributed by atoms with Gasteiger partial charge in [0, 0.05) is 55.5 Å². The van der Waals surface area contributed by atoms with Crippen molar-refractivity contribution in [1.82, 2.24) is 10.2 Å². The minimum Gasteiger partial charge on any atom is -0.377 e. The molecule has 7 unspecified atom stereocenters. The minimum absolute atomic E-state index is 0. The summed E-state index contributed by atoms with van der Waals surface area (Å²) < 4.78 is 12.2. The van der Waals surface area contributed by atoms with Gasteiger partial charge in [-0.2, -0.15) is 0 Å². The summed E-state index contributed by atoms with van der Waals surface area (Å²) >= 11 is 0. The molecule has 4 heterocycles. The molecule has 2 saturated carbocycles. The molecule has 7 atom stereocenters. The molecule has 6 heteroatoms. The smallest absolute Gasteiger partial charge is 0.194 e. The number of hydrogen-bond acceptors (Lipinski definition) is 3. The third-order valence-corrected chi connectivity index (χ3v) is 8.38. The highest BCUT2D eigenvalue weighted by molar-refractivity contribution is 14.0. The van der Waals surface area contributed by atoms with Crippen LogP contribution in [0.1, 0.15) is 45.4 Å². The quantitative estimate of drug-likeness (QED) is 0.381. The van der Waals surface area contributed by atoms with E-state index in [9.17, 15) is 0 Å². The van der Waals surface area contributed by atoms with E-state index < -0.39 is 0 Å². The Kier molecular flexibility index (Phi) is 4.48. The number of nitrogens with one attached hydrogen (secondary N) is 1. The summed E-state index contributed by atoms with van der Waals surface area (Å²) in [6.45, 7) is 6.27. The molecule has 6 rings (SSSR count). The Labute approximate surface area is 173 Å². The van der Waals surface area contributed by atoms with Gasteiger partial charge in [-0.1, -0.05) is 6.42 Å². The molecule has 0 aromatic heterocycles. The zero-order chi connectivity index (χ0) is 16.6. The summed E-state index contributed by atoms with van der Waals surface area (Å²) in [4.78, 5) is 7.47. The lowest BCUT2D eigenvalue weighted by Crippen LogP contribution is -2.72. The van der Waals surface area contributed by atoms with E-state index in [2.05, 4.69) is 17.1 Å². The van der Waals surface area contributed by atoms with Gasteiger partial charge in [-0.15, -0.1) is 24.0 Å². The van der Waals surface area contributed by atoms with Gasteiger partial charge in [0.25, 0.3) is 0 Å². The summed E-state index contributed by atoms with van der Waals surface area (Å²) in [5.74, 6) is 3.37. The number of halogens is 1. The van der Waals surface area contributed by atoms with E-state index in [1.54, 1.807) is 0 Å². The van der Waals surface area contributed by atoms with Crippen molar-refractivity contribution in [1.29, 1.82) is 0 Å². The van der Waals surface area contributed by atoms with Gasteiger partial charge in [-0.05, 0) is 39.0 Å². The van der Waals surface area contributed by atoms with E-state index in [1.165, 1.54) is 44.5 Å². The Hall–Kier alpha value is -0.0800. The molecule has 146 valence electrons. The van der Waals surface area contributed by atoms with Crippen molar-refractivity contribution < 1.29 is 9.47 Å². The maximum Gasteiger partial charge on any atom is 0.194 e. The Balaban J connectivity index is 0.00000150. The average molecular weight is 473 g/mol. The minimum atomic E-state index is 0. The molecule has 5 nitrogen and oxygen atoms in total. The van der Waals surface area contributed by atoms with Crippen LogP contribution in [-0.4, -0.2) is 61.5 Å². The monoisotopic (exact) mass is 473 g/mol. The lowest BCUT2D eigenvalue weighted by atomic mass is 9.46. The van der Waals surface area contributed by atoms with E-state index in [1.807, 2.05) is 0 Å². The second kappa shape index (κ2) is 6.48. The molecule has 0 aromatic carbocycles. The van der Waals surface area contributed by atoms with E-state index in [0.717, 1.165) is 38.1 Å². The fourth-order valence-corrected chi connectivity index (χ4v) is 7.11. The van der Waals surface area contributed by atoms with Crippen molar-refractivity contribution in [2.75, 3.05) is 26.2 Å². The first-order valence-corrected chi connectivity index (χ1v) is 10.6. The van der Waals surface area contributed by atoms with Crippen molar-refractivity contribution in [2.24, 2.45) is 28.2 Å². The van der Waals surface area contributed by atoms with Gasteiger partial charge in [0.1, 0.15) is 0 Å².